The van der Waals surface area contributed by atoms with Gasteiger partial charge in [-0.25, -0.2) is 4.99 Å². The first-order valence-corrected chi connectivity index (χ1v) is 12.6. The summed E-state index contributed by atoms with van der Waals surface area (Å²) in [7, 11) is 0. The molecule has 0 bridgehead atoms. The van der Waals surface area contributed by atoms with E-state index in [9.17, 15) is 0 Å². The van der Waals surface area contributed by atoms with Crippen molar-refractivity contribution < 1.29 is 0 Å². The third kappa shape index (κ3) is 3.83. The van der Waals surface area contributed by atoms with Crippen LogP contribution in [0.15, 0.2) is 106 Å². The van der Waals surface area contributed by atoms with Gasteiger partial charge in [-0.1, -0.05) is 102 Å². The Morgan fingerprint density at radius 1 is 0.882 bits per heavy atom. The Hall–Kier alpha value is -3.34. The zero-order valence-corrected chi connectivity index (χ0v) is 20.3. The molecule has 3 aromatic carbocycles. The Bertz CT molecular complexity index is 1350. The van der Waals surface area contributed by atoms with Gasteiger partial charge in [-0.15, -0.1) is 0 Å². The molecular formula is C30H27N3S. The van der Waals surface area contributed by atoms with E-state index in [1.807, 2.05) is 0 Å². The number of hydrogen-bond donors (Lipinski definition) is 1. The zero-order valence-electron chi connectivity index (χ0n) is 19.5. The van der Waals surface area contributed by atoms with Crippen LogP contribution in [0.2, 0.25) is 0 Å². The highest BCUT2D eigenvalue weighted by molar-refractivity contribution is 8.16. The van der Waals surface area contributed by atoms with Crippen LogP contribution in [0.1, 0.15) is 33.9 Å². The smallest absolute Gasteiger partial charge is 0.174 e. The summed E-state index contributed by atoms with van der Waals surface area (Å²) in [6, 6.07) is 28.5. The maximum atomic E-state index is 5.25. The van der Waals surface area contributed by atoms with E-state index in [1.165, 1.54) is 44.7 Å². The number of nitrogens with one attached hydrogen (secondary N) is 1. The molecule has 0 spiro atoms. The van der Waals surface area contributed by atoms with Gasteiger partial charge in [0.25, 0.3) is 0 Å². The van der Waals surface area contributed by atoms with Gasteiger partial charge in [-0.2, -0.15) is 0 Å². The van der Waals surface area contributed by atoms with E-state index in [2.05, 4.69) is 114 Å². The fraction of sp³-hybridized carbons (Fsp3) is 0.167. The van der Waals surface area contributed by atoms with E-state index in [0.717, 1.165) is 24.0 Å². The predicted molar refractivity (Wildman–Crippen MR) is 144 cm³/mol. The largest absolute Gasteiger partial charge is 0.309 e. The summed E-state index contributed by atoms with van der Waals surface area (Å²) < 4.78 is 0. The van der Waals surface area contributed by atoms with Gasteiger partial charge < -0.3 is 10.2 Å². The van der Waals surface area contributed by atoms with Crippen molar-refractivity contribution in [3.05, 3.63) is 129 Å². The molecule has 1 atom stereocenters. The van der Waals surface area contributed by atoms with Crippen molar-refractivity contribution in [3.63, 3.8) is 0 Å². The molecule has 1 unspecified atom stereocenters. The van der Waals surface area contributed by atoms with Crippen LogP contribution in [-0.4, -0.2) is 23.2 Å². The predicted octanol–water partition coefficient (Wildman–Crippen LogP) is 6.70. The fourth-order valence-corrected chi connectivity index (χ4v) is 5.81. The standard InChI is InChI=1S/C30H27N3S/c1-20-8-12-22(13-9-20)16-25-17-31-18-26-28(25)32-30-33(29(26)24-14-10-21(2)11-15-24)27(19-34-30)23-6-4-3-5-7-23/h3-16,19,29,31H,17-18H2,1-2H3/b25-16-. The molecule has 3 aliphatic heterocycles. The number of rotatable bonds is 3. The average molecular weight is 462 g/mol. The minimum absolute atomic E-state index is 0.110. The van der Waals surface area contributed by atoms with Crippen LogP contribution in [0.3, 0.4) is 0 Å². The van der Waals surface area contributed by atoms with Gasteiger partial charge in [0.2, 0.25) is 0 Å². The second kappa shape index (κ2) is 8.79. The van der Waals surface area contributed by atoms with Crippen LogP contribution < -0.4 is 5.32 Å². The minimum atomic E-state index is 0.110. The van der Waals surface area contributed by atoms with E-state index in [4.69, 9.17) is 4.99 Å². The summed E-state index contributed by atoms with van der Waals surface area (Å²) in [6.45, 7) is 5.93. The molecule has 1 N–H and O–H groups in total. The topological polar surface area (TPSA) is 27.6 Å². The molecule has 0 saturated heterocycles. The molecule has 0 aliphatic carbocycles. The first-order chi connectivity index (χ1) is 16.7. The maximum Gasteiger partial charge on any atom is 0.174 e. The normalized spacial score (nSPS) is 20.7. The van der Waals surface area contributed by atoms with Gasteiger partial charge in [0.1, 0.15) is 0 Å². The molecule has 0 fully saturated rings. The van der Waals surface area contributed by atoms with Gasteiger partial charge in [0.05, 0.1) is 17.4 Å². The molecule has 3 aromatic rings. The molecule has 3 nitrogen and oxygen atoms in total. The highest BCUT2D eigenvalue weighted by Gasteiger charge is 2.40. The Morgan fingerprint density at radius 2 is 1.59 bits per heavy atom. The number of fused-ring (bicyclic) bond motifs is 1. The summed E-state index contributed by atoms with van der Waals surface area (Å²) in [5.74, 6) is 0. The molecule has 0 radical (unpaired) electrons. The van der Waals surface area contributed by atoms with Crippen molar-refractivity contribution >= 4 is 28.7 Å². The lowest BCUT2D eigenvalue weighted by Crippen LogP contribution is -2.40. The lowest BCUT2D eigenvalue weighted by molar-refractivity contribution is 0.462. The number of aliphatic imine (C=N–C) groups is 1. The number of amidine groups is 1. The first-order valence-electron chi connectivity index (χ1n) is 11.8. The average Bonchev–Trinajstić information content (AvgIpc) is 3.29. The quantitative estimate of drug-likeness (QED) is 0.470. The van der Waals surface area contributed by atoms with Crippen molar-refractivity contribution in [1.29, 1.82) is 0 Å². The van der Waals surface area contributed by atoms with Crippen molar-refractivity contribution in [3.8, 4) is 0 Å². The van der Waals surface area contributed by atoms with Crippen LogP contribution in [0, 0.1) is 13.8 Å². The van der Waals surface area contributed by atoms with Crippen molar-refractivity contribution in [1.82, 2.24) is 10.2 Å². The highest BCUT2D eigenvalue weighted by Crippen LogP contribution is 2.48. The van der Waals surface area contributed by atoms with Crippen molar-refractivity contribution in [2.45, 2.75) is 19.9 Å². The van der Waals surface area contributed by atoms with Gasteiger partial charge in [0, 0.05) is 18.5 Å². The number of nitrogens with zero attached hydrogens (tertiary/aromatic N) is 2. The lowest BCUT2D eigenvalue weighted by atomic mass is 9.88. The number of hydrogen-bond acceptors (Lipinski definition) is 4. The second-order valence-electron chi connectivity index (χ2n) is 9.12. The molecule has 3 heterocycles. The first kappa shape index (κ1) is 21.2. The summed E-state index contributed by atoms with van der Waals surface area (Å²) in [6.07, 6.45) is 2.29. The van der Waals surface area contributed by atoms with Crippen LogP contribution >= 0.6 is 11.8 Å². The van der Waals surface area contributed by atoms with Crippen LogP contribution in [0.5, 0.6) is 0 Å². The molecule has 168 valence electrons. The molecule has 0 saturated carbocycles. The van der Waals surface area contributed by atoms with Crippen LogP contribution in [0.4, 0.5) is 0 Å². The maximum absolute atomic E-state index is 5.25. The summed E-state index contributed by atoms with van der Waals surface area (Å²) in [4.78, 5) is 7.69. The van der Waals surface area contributed by atoms with E-state index >= 15 is 0 Å². The number of aryl methyl sites for hydroxylation is 2. The highest BCUT2D eigenvalue weighted by atomic mass is 32.2. The van der Waals surface area contributed by atoms with Crippen LogP contribution in [-0.2, 0) is 0 Å². The van der Waals surface area contributed by atoms with E-state index < -0.39 is 0 Å². The zero-order chi connectivity index (χ0) is 23.1. The van der Waals surface area contributed by atoms with E-state index in [-0.39, 0.29) is 6.04 Å². The molecule has 34 heavy (non-hydrogen) atoms. The summed E-state index contributed by atoms with van der Waals surface area (Å²) >= 11 is 1.73. The van der Waals surface area contributed by atoms with Gasteiger partial charge in [0.15, 0.2) is 5.17 Å². The molecular weight excluding hydrogens is 434 g/mol. The Labute approximate surface area is 205 Å². The third-order valence-electron chi connectivity index (χ3n) is 6.66. The van der Waals surface area contributed by atoms with Gasteiger partial charge >= 0.3 is 0 Å². The molecule has 4 heteroatoms. The van der Waals surface area contributed by atoms with E-state index in [0.29, 0.717) is 0 Å². The number of thioether (sulfide) groups is 1. The molecule has 3 aliphatic rings. The minimum Gasteiger partial charge on any atom is -0.309 e. The van der Waals surface area contributed by atoms with Gasteiger partial charge in [-0.3, -0.25) is 0 Å². The van der Waals surface area contributed by atoms with Crippen molar-refractivity contribution in [2.24, 2.45) is 4.99 Å². The van der Waals surface area contributed by atoms with Gasteiger partial charge in [-0.05, 0) is 47.8 Å². The van der Waals surface area contributed by atoms with Crippen LogP contribution in [0.25, 0.3) is 11.8 Å². The fourth-order valence-electron chi connectivity index (χ4n) is 4.88. The second-order valence-corrected chi connectivity index (χ2v) is 9.96. The van der Waals surface area contributed by atoms with Crippen molar-refractivity contribution in [2.75, 3.05) is 13.1 Å². The SMILES string of the molecule is Cc1ccc(/C=C2/CNCC3=C2N=C2SC=C(c4ccccc4)N2C3c2ccc(C)cc2)cc1. The summed E-state index contributed by atoms with van der Waals surface area (Å²) in [5, 5.41) is 6.97. The monoisotopic (exact) mass is 461 g/mol. The Balaban J connectivity index is 1.49. The third-order valence-corrected chi connectivity index (χ3v) is 7.50. The number of benzene rings is 3. The Morgan fingerprint density at radius 3 is 2.32 bits per heavy atom. The lowest BCUT2D eigenvalue weighted by Gasteiger charge is -2.40. The van der Waals surface area contributed by atoms with E-state index in [1.54, 1.807) is 11.8 Å². The molecule has 6 rings (SSSR count). The Kier molecular flexibility index (Phi) is 5.48. The molecule has 0 aromatic heterocycles. The summed E-state index contributed by atoms with van der Waals surface area (Å²) in [5.41, 5.74) is 11.2. The molecule has 0 amide bonds.